The van der Waals surface area contributed by atoms with Gasteiger partial charge in [0.15, 0.2) is 5.82 Å². The lowest BCUT2D eigenvalue weighted by molar-refractivity contribution is 0.763. The molecule has 2 rings (SSSR count). The topological polar surface area (TPSA) is 53.6 Å². The van der Waals surface area contributed by atoms with Crippen LogP contribution in [-0.2, 0) is 6.54 Å². The average Bonchev–Trinajstić information content (AvgIpc) is 2.68. The zero-order chi connectivity index (χ0) is 9.80. The molecule has 0 unspecified atom stereocenters. The van der Waals surface area contributed by atoms with Crippen molar-refractivity contribution in [2.75, 3.05) is 7.05 Å². The first-order valence-electron chi connectivity index (χ1n) is 4.51. The molecule has 0 saturated heterocycles. The highest BCUT2D eigenvalue weighted by molar-refractivity contribution is 5.85. The van der Waals surface area contributed by atoms with Crippen molar-refractivity contribution in [2.24, 2.45) is 0 Å². The van der Waals surface area contributed by atoms with Crippen LogP contribution in [0.4, 0.5) is 0 Å². The summed E-state index contributed by atoms with van der Waals surface area (Å²) in [6.07, 6.45) is 0. The molecule has 1 heterocycles. The van der Waals surface area contributed by atoms with E-state index in [0.717, 1.165) is 17.2 Å². The largest absolute Gasteiger partial charge is 0.313 e. The molecule has 0 aliphatic carbocycles. The number of nitrogens with one attached hydrogen (secondary N) is 2. The zero-order valence-electron chi connectivity index (χ0n) is 8.40. The van der Waals surface area contributed by atoms with Gasteiger partial charge in [-0.1, -0.05) is 30.3 Å². The molecule has 1 aromatic carbocycles. The van der Waals surface area contributed by atoms with Crippen LogP contribution in [0.2, 0.25) is 0 Å². The lowest BCUT2D eigenvalue weighted by Crippen LogP contribution is -2.06. The molecular weight excluding hydrogens is 212 g/mol. The third-order valence-corrected chi connectivity index (χ3v) is 1.91. The summed E-state index contributed by atoms with van der Waals surface area (Å²) in [5, 5.41) is 10.0. The Labute approximate surface area is 94.5 Å². The van der Waals surface area contributed by atoms with E-state index in [1.165, 1.54) is 0 Å². The van der Waals surface area contributed by atoms with Gasteiger partial charge in [0.2, 0.25) is 0 Å². The van der Waals surface area contributed by atoms with Crippen molar-refractivity contribution < 1.29 is 0 Å². The molecule has 2 N–H and O–H groups in total. The number of halogens is 1. The molecule has 2 aromatic rings. The van der Waals surface area contributed by atoms with Crippen molar-refractivity contribution in [3.8, 4) is 11.4 Å². The highest BCUT2D eigenvalue weighted by atomic mass is 35.5. The van der Waals surface area contributed by atoms with Gasteiger partial charge >= 0.3 is 0 Å². The molecule has 15 heavy (non-hydrogen) atoms. The Hall–Kier alpha value is -1.39. The van der Waals surface area contributed by atoms with Crippen LogP contribution in [-0.4, -0.2) is 22.2 Å². The standard InChI is InChI=1S/C10H12N4.ClH/c1-11-7-9-12-10(14-13-9)8-5-3-2-4-6-8;/h2-6,11H,7H2,1H3,(H,12,13,14);1H. The van der Waals surface area contributed by atoms with E-state index in [1.54, 1.807) is 0 Å². The van der Waals surface area contributed by atoms with Crippen LogP contribution in [0.15, 0.2) is 30.3 Å². The van der Waals surface area contributed by atoms with Crippen molar-refractivity contribution in [3.63, 3.8) is 0 Å². The quantitative estimate of drug-likeness (QED) is 0.833. The van der Waals surface area contributed by atoms with Crippen molar-refractivity contribution in [2.45, 2.75) is 6.54 Å². The van der Waals surface area contributed by atoms with E-state index in [2.05, 4.69) is 20.5 Å². The predicted molar refractivity (Wildman–Crippen MR) is 61.8 cm³/mol. The first-order chi connectivity index (χ1) is 6.90. The minimum atomic E-state index is 0. The van der Waals surface area contributed by atoms with Crippen LogP contribution in [0.25, 0.3) is 11.4 Å². The number of nitrogens with zero attached hydrogens (tertiary/aromatic N) is 2. The fourth-order valence-corrected chi connectivity index (χ4v) is 1.26. The lowest BCUT2D eigenvalue weighted by atomic mass is 10.2. The van der Waals surface area contributed by atoms with Gasteiger partial charge in [-0.15, -0.1) is 12.4 Å². The van der Waals surface area contributed by atoms with Crippen molar-refractivity contribution in [1.82, 2.24) is 20.5 Å². The Morgan fingerprint density at radius 3 is 2.67 bits per heavy atom. The summed E-state index contributed by atoms with van der Waals surface area (Å²) in [6.45, 7) is 0.708. The van der Waals surface area contributed by atoms with E-state index in [0.29, 0.717) is 6.54 Å². The number of hydrogen-bond donors (Lipinski definition) is 2. The predicted octanol–water partition coefficient (Wildman–Crippen LogP) is 1.61. The third kappa shape index (κ3) is 2.78. The lowest BCUT2D eigenvalue weighted by Gasteiger charge is -1.92. The highest BCUT2D eigenvalue weighted by Gasteiger charge is 2.03. The van der Waals surface area contributed by atoms with E-state index in [4.69, 9.17) is 0 Å². The van der Waals surface area contributed by atoms with Gasteiger partial charge in [0.05, 0.1) is 6.54 Å². The second kappa shape index (κ2) is 5.48. The molecule has 0 atom stereocenters. The van der Waals surface area contributed by atoms with Gasteiger partial charge in [0.1, 0.15) is 5.82 Å². The molecule has 1 aromatic heterocycles. The first-order valence-corrected chi connectivity index (χ1v) is 4.51. The Morgan fingerprint density at radius 2 is 2.00 bits per heavy atom. The van der Waals surface area contributed by atoms with E-state index in [9.17, 15) is 0 Å². The monoisotopic (exact) mass is 224 g/mol. The summed E-state index contributed by atoms with van der Waals surface area (Å²) < 4.78 is 0. The van der Waals surface area contributed by atoms with Crippen LogP contribution in [0, 0.1) is 0 Å². The Kier molecular flexibility index (Phi) is 4.27. The molecule has 80 valence electrons. The van der Waals surface area contributed by atoms with Gasteiger partial charge in [-0.2, -0.15) is 5.10 Å². The van der Waals surface area contributed by atoms with E-state index < -0.39 is 0 Å². The number of aromatic nitrogens is 3. The highest BCUT2D eigenvalue weighted by Crippen LogP contribution is 2.12. The number of aromatic amines is 1. The SMILES string of the molecule is CNCc1nc(-c2ccccc2)n[nH]1.Cl. The van der Waals surface area contributed by atoms with E-state index >= 15 is 0 Å². The van der Waals surface area contributed by atoms with Crippen LogP contribution >= 0.6 is 12.4 Å². The van der Waals surface area contributed by atoms with Gasteiger partial charge in [0.25, 0.3) is 0 Å². The smallest absolute Gasteiger partial charge is 0.181 e. The Morgan fingerprint density at radius 1 is 1.27 bits per heavy atom. The fraction of sp³-hybridized carbons (Fsp3) is 0.200. The summed E-state index contributed by atoms with van der Waals surface area (Å²) >= 11 is 0. The molecule has 0 amide bonds. The summed E-state index contributed by atoms with van der Waals surface area (Å²) in [6, 6.07) is 9.91. The molecular formula is C10H13ClN4. The fourth-order valence-electron chi connectivity index (χ4n) is 1.26. The Balaban J connectivity index is 0.00000112. The number of benzene rings is 1. The van der Waals surface area contributed by atoms with Gasteiger partial charge in [-0.25, -0.2) is 4.98 Å². The molecule has 0 bridgehead atoms. The normalized spacial score (nSPS) is 9.67. The Bertz CT molecular complexity index is 399. The van der Waals surface area contributed by atoms with Gasteiger partial charge in [-0.05, 0) is 7.05 Å². The van der Waals surface area contributed by atoms with Gasteiger partial charge in [-0.3, -0.25) is 5.10 Å². The van der Waals surface area contributed by atoms with Crippen molar-refractivity contribution >= 4 is 12.4 Å². The van der Waals surface area contributed by atoms with Crippen molar-refractivity contribution in [1.29, 1.82) is 0 Å². The molecule has 0 spiro atoms. The summed E-state index contributed by atoms with van der Waals surface area (Å²) in [7, 11) is 1.88. The summed E-state index contributed by atoms with van der Waals surface area (Å²) in [4.78, 5) is 4.34. The minimum Gasteiger partial charge on any atom is -0.313 e. The van der Waals surface area contributed by atoms with Crippen LogP contribution in [0.3, 0.4) is 0 Å². The van der Waals surface area contributed by atoms with Gasteiger partial charge < -0.3 is 5.32 Å². The summed E-state index contributed by atoms with van der Waals surface area (Å²) in [5.41, 5.74) is 1.03. The molecule has 0 aliphatic rings. The average molecular weight is 225 g/mol. The zero-order valence-corrected chi connectivity index (χ0v) is 9.21. The number of rotatable bonds is 3. The molecule has 0 fully saturated rings. The molecule has 0 saturated carbocycles. The number of H-pyrrole nitrogens is 1. The maximum Gasteiger partial charge on any atom is 0.181 e. The second-order valence-electron chi connectivity index (χ2n) is 3.00. The summed E-state index contributed by atoms with van der Waals surface area (Å²) in [5.74, 6) is 1.60. The first kappa shape index (κ1) is 11.7. The second-order valence-corrected chi connectivity index (χ2v) is 3.00. The van der Waals surface area contributed by atoms with Crippen molar-refractivity contribution in [3.05, 3.63) is 36.2 Å². The molecule has 0 aliphatic heterocycles. The number of hydrogen-bond acceptors (Lipinski definition) is 3. The maximum absolute atomic E-state index is 4.34. The van der Waals surface area contributed by atoms with Crippen LogP contribution in [0.1, 0.15) is 5.82 Å². The minimum absolute atomic E-state index is 0. The van der Waals surface area contributed by atoms with Gasteiger partial charge in [0, 0.05) is 5.56 Å². The molecule has 0 radical (unpaired) electrons. The van der Waals surface area contributed by atoms with E-state index in [1.807, 2.05) is 37.4 Å². The molecule has 4 nitrogen and oxygen atoms in total. The van der Waals surface area contributed by atoms with Crippen LogP contribution < -0.4 is 5.32 Å². The molecule has 5 heteroatoms. The third-order valence-electron chi connectivity index (χ3n) is 1.91. The van der Waals surface area contributed by atoms with Crippen LogP contribution in [0.5, 0.6) is 0 Å². The maximum atomic E-state index is 4.34. The van der Waals surface area contributed by atoms with E-state index in [-0.39, 0.29) is 12.4 Å².